The van der Waals surface area contributed by atoms with E-state index in [1.165, 1.54) is 12.1 Å². The summed E-state index contributed by atoms with van der Waals surface area (Å²) in [7, 11) is -9.48. The molecule has 354 valence electrons. The van der Waals surface area contributed by atoms with Gasteiger partial charge in [0.25, 0.3) is 20.2 Å². The highest BCUT2D eigenvalue weighted by Crippen LogP contribution is 2.40. The summed E-state index contributed by atoms with van der Waals surface area (Å²) in [4.78, 5) is -1.05. The minimum atomic E-state index is -4.81. The number of aromatic hydroxyl groups is 1. The van der Waals surface area contributed by atoms with Gasteiger partial charge in [-0.1, -0.05) is 30.3 Å². The number of hydrogen-bond donors (Lipinski definition) is 5. The van der Waals surface area contributed by atoms with Crippen LogP contribution in [0.2, 0.25) is 0 Å². The maximum Gasteiger partial charge on any atom is 0.296 e. The van der Waals surface area contributed by atoms with Gasteiger partial charge in [-0.05, 0) is 182 Å². The van der Waals surface area contributed by atoms with E-state index < -0.39 is 30.0 Å². The van der Waals surface area contributed by atoms with Crippen molar-refractivity contribution in [2.45, 2.75) is 57.9 Å². The number of nitrogens with zero attached hydrogens (tertiary/aromatic N) is 8. The van der Waals surface area contributed by atoms with Gasteiger partial charge >= 0.3 is 0 Å². The summed E-state index contributed by atoms with van der Waals surface area (Å²) in [6.07, 6.45) is 0. The maximum atomic E-state index is 12.3. The Hall–Kier alpha value is -8.10. The molecule has 8 aromatic rings. The van der Waals surface area contributed by atoms with Crippen molar-refractivity contribution in [3.63, 3.8) is 0 Å². The Morgan fingerprint density at radius 2 is 0.871 bits per heavy atom. The minimum Gasteiger partial charge on any atom is -0.505 e. The van der Waals surface area contributed by atoms with Gasteiger partial charge in [0, 0.05) is 28.7 Å². The number of aryl methyl sites for hydroxylation is 6. The maximum absolute atomic E-state index is 12.3. The van der Waals surface area contributed by atoms with Crippen molar-refractivity contribution in [3.8, 4) is 5.75 Å². The molecular weight excluding hydrogens is 929 g/mol. The Labute approximate surface area is 403 Å². The average molecular weight is 975 g/mol. The molecule has 0 fully saturated rings. The lowest BCUT2D eigenvalue weighted by atomic mass is 10.1. The van der Waals surface area contributed by atoms with Gasteiger partial charge in [-0.3, -0.25) is 9.11 Å². The Balaban J connectivity index is 0.951. The Bertz CT molecular complexity index is 3760. The van der Waals surface area contributed by atoms with Gasteiger partial charge in [-0.25, -0.2) is 0 Å². The fourth-order valence-corrected chi connectivity index (χ4v) is 8.89. The van der Waals surface area contributed by atoms with Crippen LogP contribution in [0, 0.1) is 41.5 Å². The molecule has 0 amide bonds. The largest absolute Gasteiger partial charge is 0.505 e. The third-order valence-corrected chi connectivity index (χ3v) is 13.3. The van der Waals surface area contributed by atoms with Crippen LogP contribution in [0.1, 0.15) is 38.9 Å². The number of phenols is 1. The van der Waals surface area contributed by atoms with Crippen LogP contribution >= 0.6 is 0 Å². The standard InChI is InChI=1S/C51H46N10O7S2/c1-28-19-43(29(2)18-42(28)55-54-41-17-12-36-24-38(15-16-39(36)51(41)62)53-27-34-10-13-37(52)14-11-34)56-57-44-20-31(4)45(21-30(44)3)58-59-46-22-33(6)47(23-32(46)5)60-61-48-26-40-35(25-50(48)70(66,67)68)8-7-9-49(40)69(63,64)65/h7-26,53,62H,27,52H2,1-6H3,(H,63,64,65)(H,66,67,68). The van der Waals surface area contributed by atoms with Gasteiger partial charge in [-0.15, -0.1) is 10.2 Å². The second-order valence-corrected chi connectivity index (χ2v) is 19.6. The van der Waals surface area contributed by atoms with Crippen LogP contribution in [0.5, 0.6) is 5.75 Å². The van der Waals surface area contributed by atoms with E-state index >= 15 is 0 Å². The monoisotopic (exact) mass is 974 g/mol. The molecule has 8 rings (SSSR count). The van der Waals surface area contributed by atoms with E-state index in [1.807, 2.05) is 100 Å². The van der Waals surface area contributed by atoms with Crippen molar-refractivity contribution >= 4 is 98.7 Å². The lowest BCUT2D eigenvalue weighted by molar-refractivity contribution is 0.482. The molecule has 0 aliphatic carbocycles. The molecule has 0 unspecified atom stereocenters. The van der Waals surface area contributed by atoms with Crippen molar-refractivity contribution in [2.75, 3.05) is 11.1 Å². The second-order valence-electron chi connectivity index (χ2n) is 16.8. The van der Waals surface area contributed by atoms with E-state index in [0.29, 0.717) is 68.6 Å². The number of nitrogen functional groups attached to an aromatic ring is 1. The van der Waals surface area contributed by atoms with Crippen LogP contribution in [0.25, 0.3) is 21.5 Å². The smallest absolute Gasteiger partial charge is 0.296 e. The quantitative estimate of drug-likeness (QED) is 0.0417. The van der Waals surface area contributed by atoms with Crippen LogP contribution in [-0.2, 0) is 26.8 Å². The number of nitrogens with one attached hydrogen (secondary N) is 1. The summed E-state index contributed by atoms with van der Waals surface area (Å²) in [6, 6.07) is 34.1. The molecule has 0 saturated heterocycles. The van der Waals surface area contributed by atoms with E-state index in [4.69, 9.17) is 5.73 Å². The average Bonchev–Trinajstić information content (AvgIpc) is 3.31. The Morgan fingerprint density at radius 1 is 0.443 bits per heavy atom. The van der Waals surface area contributed by atoms with Crippen molar-refractivity contribution < 1.29 is 31.0 Å². The highest BCUT2D eigenvalue weighted by atomic mass is 32.2. The number of anilines is 2. The number of benzene rings is 8. The number of fused-ring (bicyclic) bond motifs is 2. The lowest BCUT2D eigenvalue weighted by Gasteiger charge is -2.10. The number of azo groups is 4. The van der Waals surface area contributed by atoms with Crippen molar-refractivity contribution in [1.82, 2.24) is 0 Å². The zero-order chi connectivity index (χ0) is 50.1. The first-order valence-corrected chi connectivity index (χ1v) is 24.5. The molecule has 0 radical (unpaired) electrons. The van der Waals surface area contributed by atoms with Crippen molar-refractivity contribution in [1.29, 1.82) is 0 Å². The number of rotatable bonds is 13. The molecule has 0 heterocycles. The second kappa shape index (κ2) is 19.5. The number of nitrogens with two attached hydrogens (primary N) is 1. The lowest BCUT2D eigenvalue weighted by Crippen LogP contribution is -2.01. The Morgan fingerprint density at radius 3 is 1.33 bits per heavy atom. The summed E-state index contributed by atoms with van der Waals surface area (Å²) in [5, 5.41) is 51.5. The SMILES string of the molecule is Cc1cc(N=Nc2cc(C)c(N=Nc3ccc4cc(NCc5ccc(N)cc5)ccc4c3O)cc2C)c(C)cc1N=Nc1cc(C)c(N=Nc2cc3c(S(=O)(=O)O)cccc3cc2S(=O)(=O)O)cc1C. The molecule has 0 aliphatic rings. The number of phenolic OH excluding ortho intramolecular Hbond substituents is 1. The number of hydrogen-bond acceptors (Lipinski definition) is 15. The van der Waals surface area contributed by atoms with Gasteiger partial charge in [0.1, 0.15) is 21.2 Å². The van der Waals surface area contributed by atoms with E-state index in [-0.39, 0.29) is 22.2 Å². The van der Waals surface area contributed by atoms with Gasteiger partial charge in [-0.2, -0.15) is 47.5 Å². The highest BCUT2D eigenvalue weighted by molar-refractivity contribution is 7.86. The molecule has 6 N–H and O–H groups in total. The predicted octanol–water partition coefficient (Wildman–Crippen LogP) is 14.9. The molecule has 0 spiro atoms. The van der Waals surface area contributed by atoms with E-state index in [2.05, 4.69) is 46.2 Å². The van der Waals surface area contributed by atoms with Gasteiger partial charge in [0.2, 0.25) is 0 Å². The Kier molecular flexibility index (Phi) is 13.5. The fraction of sp³-hybridized carbons (Fsp3) is 0.137. The topological polar surface area (TPSA) is 266 Å². The summed E-state index contributed by atoms with van der Waals surface area (Å²) < 4.78 is 68.4. The molecule has 0 atom stereocenters. The first-order chi connectivity index (χ1) is 33.2. The normalized spacial score (nSPS) is 12.5. The fourth-order valence-electron chi connectivity index (χ4n) is 7.54. The van der Waals surface area contributed by atoms with Crippen LogP contribution < -0.4 is 11.1 Å². The first kappa shape index (κ1) is 48.4. The molecule has 17 nitrogen and oxygen atoms in total. The summed E-state index contributed by atoms with van der Waals surface area (Å²) in [5.41, 5.74) is 16.5. The zero-order valence-electron chi connectivity index (χ0n) is 38.7. The van der Waals surface area contributed by atoms with Crippen molar-refractivity contribution in [2.24, 2.45) is 40.9 Å². The van der Waals surface area contributed by atoms with E-state index in [9.17, 15) is 31.0 Å². The van der Waals surface area contributed by atoms with Crippen LogP contribution in [0.15, 0.2) is 172 Å². The molecule has 0 aliphatic heterocycles. The van der Waals surface area contributed by atoms with Crippen LogP contribution in [-0.4, -0.2) is 31.0 Å². The van der Waals surface area contributed by atoms with Crippen molar-refractivity contribution in [3.05, 3.63) is 160 Å². The zero-order valence-corrected chi connectivity index (χ0v) is 40.3. The molecule has 0 aromatic heterocycles. The molecule has 70 heavy (non-hydrogen) atoms. The van der Waals surface area contributed by atoms with Gasteiger partial charge < -0.3 is 16.2 Å². The molecule has 0 saturated carbocycles. The van der Waals surface area contributed by atoms with Crippen LogP contribution in [0.4, 0.5) is 56.9 Å². The minimum absolute atomic E-state index is 0.00958. The third-order valence-electron chi connectivity index (χ3n) is 11.5. The molecule has 8 aromatic carbocycles. The summed E-state index contributed by atoms with van der Waals surface area (Å²) in [5.74, 6) is 0.0364. The van der Waals surface area contributed by atoms with Gasteiger partial charge in [0.15, 0.2) is 5.75 Å². The molecular formula is C51H46N10O7S2. The highest BCUT2D eigenvalue weighted by Gasteiger charge is 2.21. The third kappa shape index (κ3) is 10.8. The molecule has 19 heteroatoms. The first-order valence-electron chi connectivity index (χ1n) is 21.6. The van der Waals surface area contributed by atoms with Crippen LogP contribution in [0.3, 0.4) is 0 Å². The summed E-state index contributed by atoms with van der Waals surface area (Å²) >= 11 is 0. The van der Waals surface area contributed by atoms with E-state index in [0.717, 1.165) is 57.1 Å². The molecule has 0 bridgehead atoms. The van der Waals surface area contributed by atoms with E-state index in [1.54, 1.807) is 32.0 Å². The summed E-state index contributed by atoms with van der Waals surface area (Å²) in [6.45, 7) is 11.8. The van der Waals surface area contributed by atoms with Gasteiger partial charge in [0.05, 0.1) is 34.1 Å². The predicted molar refractivity (Wildman–Crippen MR) is 272 cm³/mol.